The normalized spacial score (nSPS) is 9.86. The van der Waals surface area contributed by atoms with Gasteiger partial charge in [0.2, 0.25) is 0 Å². The lowest BCUT2D eigenvalue weighted by molar-refractivity contribution is 0.0729. The van der Waals surface area contributed by atoms with Crippen molar-refractivity contribution in [2.75, 3.05) is 12.4 Å². The van der Waals surface area contributed by atoms with Crippen LogP contribution in [0.1, 0.15) is 26.3 Å². The lowest BCUT2D eigenvalue weighted by Crippen LogP contribution is -2.15. The smallest absolute Gasteiger partial charge is 0.343 e. The number of hydrogen-bond donors (Lipinski definition) is 1. The number of nitrogens with one attached hydrogen (secondary N) is 1. The SMILES string of the molecule is COc1cc(C#N)cc(NC(=O)c2ccccc2)c1OC(=O)c1ccccc1. The van der Waals surface area contributed by atoms with Crippen molar-refractivity contribution in [2.24, 2.45) is 0 Å². The van der Waals surface area contributed by atoms with E-state index in [0.29, 0.717) is 11.1 Å². The molecule has 0 unspecified atom stereocenters. The van der Waals surface area contributed by atoms with Crippen molar-refractivity contribution in [1.29, 1.82) is 5.26 Å². The molecule has 138 valence electrons. The summed E-state index contributed by atoms with van der Waals surface area (Å²) < 4.78 is 10.8. The van der Waals surface area contributed by atoms with E-state index >= 15 is 0 Å². The average Bonchev–Trinajstić information content (AvgIpc) is 2.75. The van der Waals surface area contributed by atoms with Gasteiger partial charge in [-0.15, -0.1) is 0 Å². The first-order chi connectivity index (χ1) is 13.6. The van der Waals surface area contributed by atoms with E-state index in [1.54, 1.807) is 60.7 Å². The summed E-state index contributed by atoms with van der Waals surface area (Å²) in [5.74, 6) is -0.833. The lowest BCUT2D eigenvalue weighted by Gasteiger charge is -2.15. The summed E-state index contributed by atoms with van der Waals surface area (Å²) in [6, 6.07) is 21.9. The van der Waals surface area contributed by atoms with Gasteiger partial charge in [0.1, 0.15) is 0 Å². The molecule has 0 atom stereocenters. The Hall–Kier alpha value is -4.11. The number of nitrogens with zero attached hydrogens (tertiary/aromatic N) is 1. The highest BCUT2D eigenvalue weighted by Crippen LogP contribution is 2.37. The Bertz CT molecular complexity index is 1040. The molecule has 1 N–H and O–H groups in total. The molecule has 0 aromatic heterocycles. The minimum Gasteiger partial charge on any atom is -0.493 e. The van der Waals surface area contributed by atoms with E-state index in [1.807, 2.05) is 6.07 Å². The number of carbonyl (C=O) groups excluding carboxylic acids is 2. The van der Waals surface area contributed by atoms with E-state index in [1.165, 1.54) is 19.2 Å². The van der Waals surface area contributed by atoms with Crippen LogP contribution in [-0.4, -0.2) is 19.0 Å². The molecular formula is C22H16N2O4. The van der Waals surface area contributed by atoms with Crippen molar-refractivity contribution in [1.82, 2.24) is 0 Å². The van der Waals surface area contributed by atoms with Crippen LogP contribution in [-0.2, 0) is 0 Å². The number of carbonyl (C=O) groups is 2. The third-order valence-electron chi connectivity index (χ3n) is 3.89. The summed E-state index contributed by atoms with van der Waals surface area (Å²) in [5.41, 5.74) is 1.17. The van der Waals surface area contributed by atoms with Crippen LogP contribution in [0.3, 0.4) is 0 Å². The lowest BCUT2D eigenvalue weighted by atomic mass is 10.1. The molecule has 0 bridgehead atoms. The number of ether oxygens (including phenoxy) is 2. The van der Waals surface area contributed by atoms with Gasteiger partial charge in [0, 0.05) is 11.6 Å². The molecule has 0 radical (unpaired) electrons. The van der Waals surface area contributed by atoms with Gasteiger partial charge in [-0.2, -0.15) is 5.26 Å². The zero-order valence-corrected chi connectivity index (χ0v) is 15.0. The molecule has 0 saturated heterocycles. The predicted octanol–water partition coefficient (Wildman–Crippen LogP) is 4.04. The number of benzene rings is 3. The highest BCUT2D eigenvalue weighted by Gasteiger charge is 2.20. The number of nitriles is 1. The second-order valence-corrected chi connectivity index (χ2v) is 5.74. The largest absolute Gasteiger partial charge is 0.493 e. The molecule has 0 aliphatic heterocycles. The van der Waals surface area contributed by atoms with Crippen LogP contribution in [0.2, 0.25) is 0 Å². The zero-order valence-electron chi connectivity index (χ0n) is 15.0. The van der Waals surface area contributed by atoms with E-state index in [-0.39, 0.29) is 22.7 Å². The fourth-order valence-electron chi connectivity index (χ4n) is 2.53. The van der Waals surface area contributed by atoms with Crippen LogP contribution in [0, 0.1) is 11.3 Å². The topological polar surface area (TPSA) is 88.4 Å². The van der Waals surface area contributed by atoms with Gasteiger partial charge < -0.3 is 14.8 Å². The summed E-state index contributed by atoms with van der Waals surface area (Å²) in [5, 5.41) is 11.9. The highest BCUT2D eigenvalue weighted by atomic mass is 16.6. The van der Waals surface area contributed by atoms with Gasteiger partial charge in [-0.25, -0.2) is 4.79 Å². The Kier molecular flexibility index (Phi) is 5.68. The minimum absolute atomic E-state index is 0.0274. The Morgan fingerprint density at radius 3 is 2.11 bits per heavy atom. The fourth-order valence-corrected chi connectivity index (χ4v) is 2.53. The molecule has 28 heavy (non-hydrogen) atoms. The quantitative estimate of drug-likeness (QED) is 0.539. The summed E-state index contributed by atoms with van der Waals surface area (Å²) in [6.07, 6.45) is 0. The Morgan fingerprint density at radius 2 is 1.54 bits per heavy atom. The molecule has 6 nitrogen and oxygen atoms in total. The molecule has 0 saturated carbocycles. The van der Waals surface area contributed by atoms with E-state index in [2.05, 4.69) is 5.32 Å². The molecule has 3 aromatic carbocycles. The first kappa shape index (κ1) is 18.7. The number of rotatable bonds is 5. The molecule has 3 aromatic rings. The van der Waals surface area contributed by atoms with Crippen molar-refractivity contribution in [3.63, 3.8) is 0 Å². The van der Waals surface area contributed by atoms with Crippen LogP contribution in [0.4, 0.5) is 5.69 Å². The molecule has 0 aliphatic carbocycles. The number of anilines is 1. The van der Waals surface area contributed by atoms with Crippen LogP contribution in [0.25, 0.3) is 0 Å². The van der Waals surface area contributed by atoms with Crippen LogP contribution < -0.4 is 14.8 Å². The summed E-state index contributed by atoms with van der Waals surface area (Å²) in [4.78, 5) is 25.0. The van der Waals surface area contributed by atoms with Crippen molar-refractivity contribution >= 4 is 17.6 Å². The Morgan fingerprint density at radius 1 is 0.929 bits per heavy atom. The van der Waals surface area contributed by atoms with E-state index in [9.17, 15) is 14.9 Å². The molecule has 0 fully saturated rings. The first-order valence-electron chi connectivity index (χ1n) is 8.38. The second-order valence-electron chi connectivity index (χ2n) is 5.74. The van der Waals surface area contributed by atoms with Crippen LogP contribution >= 0.6 is 0 Å². The highest BCUT2D eigenvalue weighted by molar-refractivity contribution is 6.05. The van der Waals surface area contributed by atoms with Crippen molar-refractivity contribution in [3.8, 4) is 17.6 Å². The monoisotopic (exact) mass is 372 g/mol. The van der Waals surface area contributed by atoms with Gasteiger partial charge >= 0.3 is 5.97 Å². The minimum atomic E-state index is -0.612. The maximum absolute atomic E-state index is 12.5. The van der Waals surface area contributed by atoms with Crippen molar-refractivity contribution in [2.45, 2.75) is 0 Å². The summed E-state index contributed by atoms with van der Waals surface area (Å²) in [7, 11) is 1.39. The van der Waals surface area contributed by atoms with Gasteiger partial charge in [-0.05, 0) is 30.3 Å². The third kappa shape index (κ3) is 4.17. The van der Waals surface area contributed by atoms with Gasteiger partial charge in [0.05, 0.1) is 30.0 Å². The summed E-state index contributed by atoms with van der Waals surface area (Å²) >= 11 is 0. The van der Waals surface area contributed by atoms with E-state index < -0.39 is 11.9 Å². The van der Waals surface area contributed by atoms with Crippen molar-refractivity contribution < 1.29 is 19.1 Å². The molecule has 0 spiro atoms. The zero-order chi connectivity index (χ0) is 19.9. The van der Waals surface area contributed by atoms with Gasteiger partial charge in [0.25, 0.3) is 5.91 Å². The van der Waals surface area contributed by atoms with E-state index in [4.69, 9.17) is 9.47 Å². The number of esters is 1. The van der Waals surface area contributed by atoms with Gasteiger partial charge in [-0.3, -0.25) is 4.79 Å². The first-order valence-corrected chi connectivity index (χ1v) is 8.38. The summed E-state index contributed by atoms with van der Waals surface area (Å²) in [6.45, 7) is 0. The molecule has 1 amide bonds. The number of methoxy groups -OCH3 is 1. The number of amides is 1. The molecule has 0 heterocycles. The fraction of sp³-hybridized carbons (Fsp3) is 0.0455. The standard InChI is InChI=1S/C22H16N2O4/c1-27-19-13-15(14-23)12-18(24-21(25)16-8-4-2-5-9-16)20(19)28-22(26)17-10-6-3-7-11-17/h2-13H,1H3,(H,24,25). The van der Waals surface area contributed by atoms with Crippen molar-refractivity contribution in [3.05, 3.63) is 89.5 Å². The maximum Gasteiger partial charge on any atom is 0.343 e. The second kappa shape index (κ2) is 8.52. The molecule has 6 heteroatoms. The third-order valence-corrected chi connectivity index (χ3v) is 3.89. The Labute approximate surface area is 161 Å². The van der Waals surface area contributed by atoms with Crippen LogP contribution in [0.5, 0.6) is 11.5 Å². The van der Waals surface area contributed by atoms with Crippen LogP contribution in [0.15, 0.2) is 72.8 Å². The van der Waals surface area contributed by atoms with Gasteiger partial charge in [0.15, 0.2) is 11.5 Å². The maximum atomic E-state index is 12.5. The number of hydrogen-bond acceptors (Lipinski definition) is 5. The van der Waals surface area contributed by atoms with E-state index in [0.717, 1.165) is 0 Å². The Balaban J connectivity index is 1.99. The molecule has 3 rings (SSSR count). The molecular weight excluding hydrogens is 356 g/mol. The average molecular weight is 372 g/mol. The van der Waals surface area contributed by atoms with Gasteiger partial charge in [-0.1, -0.05) is 36.4 Å². The molecule has 0 aliphatic rings. The predicted molar refractivity (Wildman–Crippen MR) is 104 cm³/mol.